The molecule has 26 heavy (non-hydrogen) atoms. The van der Waals surface area contributed by atoms with Crippen molar-refractivity contribution >= 4 is 26.6 Å². The molecule has 0 radical (unpaired) electrons. The average Bonchev–Trinajstić information content (AvgIpc) is 3.09. The van der Waals surface area contributed by atoms with Gasteiger partial charge in [-0.05, 0) is 48.9 Å². The predicted molar refractivity (Wildman–Crippen MR) is 98.9 cm³/mol. The van der Waals surface area contributed by atoms with Crippen LogP contribution in [-0.2, 0) is 10.0 Å². The molecule has 130 valence electrons. The van der Waals surface area contributed by atoms with E-state index in [2.05, 4.69) is 16.4 Å². The highest BCUT2D eigenvalue weighted by Gasteiger charge is 2.23. The van der Waals surface area contributed by atoms with E-state index in [0.29, 0.717) is 16.6 Å². The van der Waals surface area contributed by atoms with E-state index in [1.807, 2.05) is 6.07 Å². The van der Waals surface area contributed by atoms with Crippen LogP contribution in [0.3, 0.4) is 0 Å². The number of benzene rings is 1. The Balaban J connectivity index is 1.94. The third-order valence-electron chi connectivity index (χ3n) is 4.46. The van der Waals surface area contributed by atoms with Gasteiger partial charge in [0.2, 0.25) is 0 Å². The summed E-state index contributed by atoms with van der Waals surface area (Å²) in [4.78, 5) is 4.51. The number of nitrogens with one attached hydrogen (secondary N) is 1. The van der Waals surface area contributed by atoms with Gasteiger partial charge in [0.25, 0.3) is 10.0 Å². The van der Waals surface area contributed by atoms with Gasteiger partial charge in [-0.3, -0.25) is 4.98 Å². The zero-order valence-corrected chi connectivity index (χ0v) is 14.7. The van der Waals surface area contributed by atoms with Gasteiger partial charge in [0.1, 0.15) is 0 Å². The number of hydrogen-bond acceptors (Lipinski definition) is 5. The minimum absolute atomic E-state index is 0.0862. The van der Waals surface area contributed by atoms with Crippen LogP contribution in [0.5, 0.6) is 0 Å². The fraction of sp³-hybridized carbons (Fsp3) is 0.158. The molecule has 0 unspecified atom stereocenters. The first-order valence-corrected chi connectivity index (χ1v) is 9.67. The lowest BCUT2D eigenvalue weighted by Gasteiger charge is -2.12. The summed E-state index contributed by atoms with van der Waals surface area (Å²) in [6, 6.07) is 11.5. The third-order valence-corrected chi connectivity index (χ3v) is 6.12. The molecule has 1 N–H and O–H groups in total. The standard InChI is InChI=1S/C19H16N4O2S/c20-12-14-3-1-4-16(11-14)26(24,25)23-13-17(15-6-9-21-10-7-15)19-18(23)5-2-8-22-19/h1-6,8,11,13,21H,7,9-10H2. The van der Waals surface area contributed by atoms with Gasteiger partial charge in [-0.25, -0.2) is 12.4 Å². The number of fused-ring (bicyclic) bond motifs is 1. The fourth-order valence-electron chi connectivity index (χ4n) is 3.17. The number of rotatable bonds is 3. The minimum Gasteiger partial charge on any atom is -0.313 e. The largest absolute Gasteiger partial charge is 0.313 e. The molecule has 0 atom stereocenters. The van der Waals surface area contributed by atoms with Crippen LogP contribution in [0, 0.1) is 11.3 Å². The smallest absolute Gasteiger partial charge is 0.268 e. The maximum atomic E-state index is 13.2. The number of hydrogen-bond donors (Lipinski definition) is 1. The van der Waals surface area contributed by atoms with Crippen molar-refractivity contribution < 1.29 is 8.42 Å². The Kier molecular flexibility index (Phi) is 4.07. The van der Waals surface area contributed by atoms with Gasteiger partial charge < -0.3 is 5.32 Å². The van der Waals surface area contributed by atoms with Gasteiger partial charge in [0.15, 0.2) is 0 Å². The molecule has 6 nitrogen and oxygen atoms in total. The third kappa shape index (κ3) is 2.69. The number of nitrogens with zero attached hydrogens (tertiary/aromatic N) is 3. The van der Waals surface area contributed by atoms with Gasteiger partial charge in [-0.1, -0.05) is 12.1 Å². The van der Waals surface area contributed by atoms with Crippen LogP contribution in [0.25, 0.3) is 16.6 Å². The van der Waals surface area contributed by atoms with E-state index >= 15 is 0 Å². The van der Waals surface area contributed by atoms with Gasteiger partial charge >= 0.3 is 0 Å². The Morgan fingerprint density at radius 1 is 1.23 bits per heavy atom. The normalized spacial score (nSPS) is 14.8. The van der Waals surface area contributed by atoms with E-state index in [1.54, 1.807) is 36.7 Å². The first kappa shape index (κ1) is 16.5. The molecule has 7 heteroatoms. The van der Waals surface area contributed by atoms with Gasteiger partial charge in [-0.15, -0.1) is 0 Å². The molecule has 0 aliphatic carbocycles. The molecule has 0 spiro atoms. The van der Waals surface area contributed by atoms with Crippen LogP contribution >= 0.6 is 0 Å². The SMILES string of the molecule is N#Cc1cccc(S(=O)(=O)n2cc(C3=CCNCC3)c3ncccc32)c1. The minimum atomic E-state index is -3.83. The Bertz CT molecular complexity index is 1170. The van der Waals surface area contributed by atoms with Gasteiger partial charge in [-0.2, -0.15) is 5.26 Å². The van der Waals surface area contributed by atoms with Gasteiger partial charge in [0, 0.05) is 24.5 Å². The lowest BCUT2D eigenvalue weighted by molar-refractivity contribution is 0.589. The summed E-state index contributed by atoms with van der Waals surface area (Å²) < 4.78 is 27.7. The molecule has 3 aromatic rings. The molecule has 3 heterocycles. The summed E-state index contributed by atoms with van der Waals surface area (Å²) in [6.45, 7) is 1.61. The summed E-state index contributed by atoms with van der Waals surface area (Å²) in [5.41, 5.74) is 3.43. The van der Waals surface area contributed by atoms with Crippen LogP contribution in [-0.4, -0.2) is 30.5 Å². The first-order chi connectivity index (χ1) is 12.6. The van der Waals surface area contributed by atoms with Gasteiger partial charge in [0.05, 0.1) is 27.6 Å². The van der Waals surface area contributed by atoms with Crippen molar-refractivity contribution in [2.24, 2.45) is 0 Å². The van der Waals surface area contributed by atoms with Crippen LogP contribution in [0.15, 0.2) is 59.8 Å². The number of aromatic nitrogens is 2. The highest BCUT2D eigenvalue weighted by Crippen LogP contribution is 2.31. The van der Waals surface area contributed by atoms with E-state index in [4.69, 9.17) is 5.26 Å². The molecule has 4 rings (SSSR count). The monoisotopic (exact) mass is 364 g/mol. The molecule has 1 aliphatic heterocycles. The highest BCUT2D eigenvalue weighted by atomic mass is 32.2. The lowest BCUT2D eigenvalue weighted by Crippen LogP contribution is -2.20. The molecule has 0 fully saturated rings. The summed E-state index contributed by atoms with van der Waals surface area (Å²) in [5, 5.41) is 12.3. The van der Waals surface area contributed by atoms with Crippen molar-refractivity contribution in [3.05, 3.63) is 66.0 Å². The average molecular weight is 364 g/mol. The molecular weight excluding hydrogens is 348 g/mol. The fourth-order valence-corrected chi connectivity index (χ4v) is 4.57. The Morgan fingerprint density at radius 3 is 2.88 bits per heavy atom. The maximum absolute atomic E-state index is 13.2. The first-order valence-electron chi connectivity index (χ1n) is 8.23. The molecule has 1 aliphatic rings. The molecule has 0 bridgehead atoms. The maximum Gasteiger partial charge on any atom is 0.268 e. The second kappa shape index (κ2) is 6.41. The van der Waals surface area contributed by atoms with Crippen LogP contribution in [0.4, 0.5) is 0 Å². The Morgan fingerprint density at radius 2 is 2.12 bits per heavy atom. The topological polar surface area (TPSA) is 87.8 Å². The van der Waals surface area contributed by atoms with Crippen LogP contribution < -0.4 is 5.32 Å². The second-order valence-electron chi connectivity index (χ2n) is 6.04. The highest BCUT2D eigenvalue weighted by molar-refractivity contribution is 7.90. The summed E-state index contributed by atoms with van der Waals surface area (Å²) >= 11 is 0. The molecule has 0 amide bonds. The van der Waals surface area contributed by atoms with Crippen molar-refractivity contribution in [1.82, 2.24) is 14.3 Å². The Hall–Kier alpha value is -2.95. The Labute approximate surface area is 151 Å². The van der Waals surface area contributed by atoms with Crippen LogP contribution in [0.1, 0.15) is 17.5 Å². The van der Waals surface area contributed by atoms with E-state index in [9.17, 15) is 8.42 Å². The predicted octanol–water partition coefficient (Wildman–Crippen LogP) is 2.52. The van der Waals surface area contributed by atoms with Crippen molar-refractivity contribution in [2.45, 2.75) is 11.3 Å². The van der Waals surface area contributed by atoms with Crippen molar-refractivity contribution in [1.29, 1.82) is 5.26 Å². The zero-order chi connectivity index (χ0) is 18.1. The second-order valence-corrected chi connectivity index (χ2v) is 7.85. The summed E-state index contributed by atoms with van der Waals surface area (Å²) in [6.07, 6.45) is 6.20. The number of pyridine rings is 1. The molecule has 2 aromatic heterocycles. The zero-order valence-electron chi connectivity index (χ0n) is 13.9. The molecule has 0 saturated carbocycles. The molecule has 0 saturated heterocycles. The van der Waals surface area contributed by atoms with E-state index in [-0.39, 0.29) is 4.90 Å². The molecular formula is C19H16N4O2S. The quantitative estimate of drug-likeness (QED) is 0.771. The van der Waals surface area contributed by atoms with Crippen LogP contribution in [0.2, 0.25) is 0 Å². The van der Waals surface area contributed by atoms with Crippen molar-refractivity contribution in [3.8, 4) is 6.07 Å². The van der Waals surface area contributed by atoms with E-state index in [1.165, 1.54) is 16.1 Å². The summed E-state index contributed by atoms with van der Waals surface area (Å²) in [7, 11) is -3.83. The van der Waals surface area contributed by atoms with Crippen molar-refractivity contribution in [3.63, 3.8) is 0 Å². The van der Waals surface area contributed by atoms with E-state index in [0.717, 1.165) is 30.6 Å². The molecule has 1 aromatic carbocycles. The summed E-state index contributed by atoms with van der Waals surface area (Å²) in [5.74, 6) is 0. The van der Waals surface area contributed by atoms with Crippen molar-refractivity contribution in [2.75, 3.05) is 13.1 Å². The lowest BCUT2D eigenvalue weighted by atomic mass is 10.0. The number of nitriles is 1. The van der Waals surface area contributed by atoms with E-state index < -0.39 is 10.0 Å².